The molecule has 0 fully saturated rings. The molecule has 0 aliphatic carbocycles. The van der Waals surface area contributed by atoms with Crippen LogP contribution in [0.15, 0.2) is 30.3 Å². The van der Waals surface area contributed by atoms with E-state index in [1.54, 1.807) is 18.2 Å². The van der Waals surface area contributed by atoms with E-state index in [9.17, 15) is 9.18 Å². The van der Waals surface area contributed by atoms with Gasteiger partial charge < -0.3 is 24.1 Å². The van der Waals surface area contributed by atoms with Crippen molar-refractivity contribution in [3.63, 3.8) is 0 Å². The van der Waals surface area contributed by atoms with Gasteiger partial charge in [0.15, 0.2) is 17.3 Å². The van der Waals surface area contributed by atoms with Crippen LogP contribution in [-0.4, -0.2) is 42.0 Å². The van der Waals surface area contributed by atoms with E-state index in [1.165, 1.54) is 33.5 Å². The summed E-state index contributed by atoms with van der Waals surface area (Å²) in [5.74, 6) is 1.40. The average molecular weight is 440 g/mol. The second-order valence-electron chi connectivity index (χ2n) is 7.43. The molecule has 0 spiro atoms. The van der Waals surface area contributed by atoms with Gasteiger partial charge in [0.2, 0.25) is 5.75 Å². The molecule has 8 nitrogen and oxygen atoms in total. The van der Waals surface area contributed by atoms with Crippen molar-refractivity contribution < 1.29 is 23.4 Å². The summed E-state index contributed by atoms with van der Waals surface area (Å²) in [5.41, 5.74) is 0.906. The van der Waals surface area contributed by atoms with Gasteiger partial charge in [-0.2, -0.15) is 0 Å². The third kappa shape index (κ3) is 3.98. The van der Waals surface area contributed by atoms with Crippen molar-refractivity contribution >= 4 is 11.6 Å². The highest BCUT2D eigenvalue weighted by molar-refractivity contribution is 6.07. The Labute approximate surface area is 185 Å². The van der Waals surface area contributed by atoms with E-state index in [2.05, 4.69) is 20.1 Å². The number of fused-ring (bicyclic) bond motifs is 1. The van der Waals surface area contributed by atoms with Crippen LogP contribution < -0.4 is 19.5 Å². The van der Waals surface area contributed by atoms with E-state index < -0.39 is 11.7 Å². The number of halogens is 1. The molecule has 168 valence electrons. The molecule has 0 bridgehead atoms. The Morgan fingerprint density at radius 2 is 1.81 bits per heavy atom. The smallest absolute Gasteiger partial charge is 0.259 e. The monoisotopic (exact) mass is 440 g/mol. The molecule has 2 heterocycles. The van der Waals surface area contributed by atoms with Crippen LogP contribution in [0.1, 0.15) is 35.4 Å². The fourth-order valence-corrected chi connectivity index (χ4v) is 3.93. The van der Waals surface area contributed by atoms with E-state index in [0.29, 0.717) is 17.1 Å². The Bertz CT molecular complexity index is 1150. The molecule has 0 atom stereocenters. The summed E-state index contributed by atoms with van der Waals surface area (Å²) >= 11 is 0. The lowest BCUT2D eigenvalue weighted by Gasteiger charge is -2.16. The van der Waals surface area contributed by atoms with Crippen LogP contribution in [-0.2, 0) is 13.0 Å². The lowest BCUT2D eigenvalue weighted by molar-refractivity contribution is 0.102. The van der Waals surface area contributed by atoms with Crippen LogP contribution in [0, 0.1) is 5.82 Å². The topological polar surface area (TPSA) is 87.5 Å². The number of carbonyl (C=O) groups is 1. The molecule has 4 rings (SSSR count). The van der Waals surface area contributed by atoms with Gasteiger partial charge in [0.25, 0.3) is 5.91 Å². The molecule has 1 aliphatic heterocycles. The molecule has 1 aromatic heterocycles. The molecule has 1 amide bonds. The first kappa shape index (κ1) is 21.6. The van der Waals surface area contributed by atoms with Crippen LogP contribution in [0.3, 0.4) is 0 Å². The summed E-state index contributed by atoms with van der Waals surface area (Å²) in [4.78, 5) is 13.0. The van der Waals surface area contributed by atoms with Crippen LogP contribution in [0.4, 0.5) is 10.1 Å². The molecule has 2 aromatic carbocycles. The highest BCUT2D eigenvalue weighted by Crippen LogP contribution is 2.40. The van der Waals surface area contributed by atoms with Crippen molar-refractivity contribution in [2.75, 3.05) is 26.6 Å². The van der Waals surface area contributed by atoms with Crippen LogP contribution in [0.5, 0.6) is 17.2 Å². The van der Waals surface area contributed by atoms with Gasteiger partial charge in [0.1, 0.15) is 11.6 Å². The SMILES string of the molecule is COc1ccc(C(=O)Nc2cc(-c3nnc4n3CCCCC4)ccc2F)c(OC)c1OC. The van der Waals surface area contributed by atoms with Gasteiger partial charge in [0, 0.05) is 18.5 Å². The Balaban J connectivity index is 1.67. The van der Waals surface area contributed by atoms with Gasteiger partial charge in [0.05, 0.1) is 32.6 Å². The van der Waals surface area contributed by atoms with Gasteiger partial charge in [-0.25, -0.2) is 4.39 Å². The van der Waals surface area contributed by atoms with Gasteiger partial charge in [-0.05, 0) is 43.2 Å². The molecule has 0 saturated heterocycles. The lowest BCUT2D eigenvalue weighted by Crippen LogP contribution is -2.15. The first-order valence-electron chi connectivity index (χ1n) is 10.4. The minimum absolute atomic E-state index is 0.0373. The molecule has 1 aliphatic rings. The van der Waals surface area contributed by atoms with Crippen LogP contribution in [0.25, 0.3) is 11.4 Å². The normalized spacial score (nSPS) is 13.1. The minimum atomic E-state index is -0.558. The van der Waals surface area contributed by atoms with Gasteiger partial charge in [-0.1, -0.05) is 6.42 Å². The van der Waals surface area contributed by atoms with Crippen molar-refractivity contribution in [2.45, 2.75) is 32.2 Å². The quantitative estimate of drug-likeness (QED) is 0.621. The molecule has 0 saturated carbocycles. The predicted octanol–water partition coefficient (Wildman–Crippen LogP) is 4.09. The van der Waals surface area contributed by atoms with Crippen LogP contribution >= 0.6 is 0 Å². The molecule has 0 unspecified atom stereocenters. The number of nitrogens with one attached hydrogen (secondary N) is 1. The number of methoxy groups -OCH3 is 3. The number of rotatable bonds is 6. The Morgan fingerprint density at radius 3 is 2.56 bits per heavy atom. The minimum Gasteiger partial charge on any atom is -0.493 e. The zero-order valence-electron chi connectivity index (χ0n) is 18.3. The summed E-state index contributed by atoms with van der Waals surface area (Å²) in [6, 6.07) is 7.66. The van der Waals surface area contributed by atoms with Gasteiger partial charge >= 0.3 is 0 Å². The van der Waals surface area contributed by atoms with E-state index in [-0.39, 0.29) is 22.7 Å². The number of hydrogen-bond donors (Lipinski definition) is 1. The van der Waals surface area contributed by atoms with Crippen molar-refractivity contribution in [3.8, 4) is 28.6 Å². The zero-order valence-corrected chi connectivity index (χ0v) is 18.3. The first-order valence-corrected chi connectivity index (χ1v) is 10.4. The van der Waals surface area contributed by atoms with Crippen molar-refractivity contribution in [1.82, 2.24) is 14.8 Å². The molecule has 32 heavy (non-hydrogen) atoms. The Kier molecular flexibility index (Phi) is 6.25. The summed E-state index contributed by atoms with van der Waals surface area (Å²) in [6.45, 7) is 0.819. The van der Waals surface area contributed by atoms with E-state index in [4.69, 9.17) is 14.2 Å². The molecular formula is C23H25FN4O4. The second-order valence-corrected chi connectivity index (χ2v) is 7.43. The highest BCUT2D eigenvalue weighted by atomic mass is 19.1. The third-order valence-electron chi connectivity index (χ3n) is 5.53. The number of ether oxygens (including phenoxy) is 3. The maximum Gasteiger partial charge on any atom is 0.259 e. The van der Waals surface area contributed by atoms with E-state index >= 15 is 0 Å². The number of aryl methyl sites for hydroxylation is 1. The largest absolute Gasteiger partial charge is 0.493 e. The maximum absolute atomic E-state index is 14.6. The molecular weight excluding hydrogens is 415 g/mol. The third-order valence-corrected chi connectivity index (χ3v) is 5.53. The van der Waals surface area contributed by atoms with Gasteiger partial charge in [-0.3, -0.25) is 4.79 Å². The molecule has 0 radical (unpaired) electrons. The van der Waals surface area contributed by atoms with Crippen molar-refractivity contribution in [3.05, 3.63) is 47.5 Å². The molecule has 9 heteroatoms. The van der Waals surface area contributed by atoms with Crippen molar-refractivity contribution in [1.29, 1.82) is 0 Å². The Hall–Kier alpha value is -3.62. The number of carbonyl (C=O) groups excluding carboxylic acids is 1. The van der Waals surface area contributed by atoms with E-state index in [1.807, 2.05) is 0 Å². The summed E-state index contributed by atoms with van der Waals surface area (Å²) in [6.07, 6.45) is 4.13. The van der Waals surface area contributed by atoms with Gasteiger partial charge in [-0.15, -0.1) is 10.2 Å². The number of hydrogen-bond acceptors (Lipinski definition) is 6. The molecule has 1 N–H and O–H groups in total. The number of aromatic nitrogens is 3. The number of nitrogens with zero attached hydrogens (tertiary/aromatic N) is 3. The van der Waals surface area contributed by atoms with Crippen molar-refractivity contribution in [2.24, 2.45) is 0 Å². The van der Waals surface area contributed by atoms with E-state index in [0.717, 1.165) is 38.1 Å². The number of benzene rings is 2. The lowest BCUT2D eigenvalue weighted by atomic mass is 10.1. The first-order chi connectivity index (χ1) is 15.6. The zero-order chi connectivity index (χ0) is 22.7. The van der Waals surface area contributed by atoms with Crippen LogP contribution in [0.2, 0.25) is 0 Å². The fourth-order valence-electron chi connectivity index (χ4n) is 3.93. The highest BCUT2D eigenvalue weighted by Gasteiger charge is 2.22. The fraction of sp³-hybridized carbons (Fsp3) is 0.348. The second kappa shape index (κ2) is 9.25. The number of amides is 1. The molecule has 3 aromatic rings. The average Bonchev–Trinajstić information content (AvgIpc) is 3.07. The summed E-state index contributed by atoms with van der Waals surface area (Å²) in [5, 5.41) is 11.3. The number of anilines is 1. The Morgan fingerprint density at radius 1 is 1.00 bits per heavy atom. The predicted molar refractivity (Wildman–Crippen MR) is 117 cm³/mol. The standard InChI is InChI=1S/C23H25FN4O4/c1-30-18-11-9-15(20(31-2)21(18)32-3)23(29)25-17-13-14(8-10-16(17)24)22-27-26-19-7-5-4-6-12-28(19)22/h8-11,13H,4-7,12H2,1-3H3,(H,25,29). The summed E-state index contributed by atoms with van der Waals surface area (Å²) < 4.78 is 32.6. The summed E-state index contributed by atoms with van der Waals surface area (Å²) in [7, 11) is 4.36. The maximum atomic E-state index is 14.6.